The van der Waals surface area contributed by atoms with E-state index in [1.165, 1.54) is 0 Å². The summed E-state index contributed by atoms with van der Waals surface area (Å²) in [7, 11) is 3.15. The van der Waals surface area contributed by atoms with Crippen molar-refractivity contribution in [3.63, 3.8) is 0 Å². The Hall–Kier alpha value is -3.28. The van der Waals surface area contributed by atoms with Gasteiger partial charge in [-0.1, -0.05) is 36.4 Å². The smallest absolute Gasteiger partial charge is 0.257 e. The molecule has 0 N–H and O–H groups in total. The van der Waals surface area contributed by atoms with Gasteiger partial charge in [0.1, 0.15) is 5.75 Å². The molecule has 1 aliphatic heterocycles. The predicted molar refractivity (Wildman–Crippen MR) is 101 cm³/mol. The van der Waals surface area contributed by atoms with Crippen molar-refractivity contribution in [2.75, 3.05) is 14.2 Å². The van der Waals surface area contributed by atoms with Gasteiger partial charge in [-0.3, -0.25) is 10.1 Å². The van der Waals surface area contributed by atoms with Crippen molar-refractivity contribution >= 4 is 10.8 Å². The van der Waals surface area contributed by atoms with Crippen molar-refractivity contribution in [1.82, 2.24) is 0 Å². The van der Waals surface area contributed by atoms with Crippen LogP contribution in [0.15, 0.2) is 54.6 Å². The number of hydrogen-bond donors (Lipinski definition) is 0. The van der Waals surface area contributed by atoms with Gasteiger partial charge in [-0.25, -0.2) is 0 Å². The molecule has 0 amide bonds. The van der Waals surface area contributed by atoms with Gasteiger partial charge in [0.05, 0.1) is 14.2 Å². The molecular weight excluding hydrogens is 346 g/mol. The predicted octanol–water partition coefficient (Wildman–Crippen LogP) is 4.18. The first-order chi connectivity index (χ1) is 13.1. The van der Waals surface area contributed by atoms with Gasteiger partial charge in [-0.2, -0.15) is 0 Å². The van der Waals surface area contributed by atoms with Crippen LogP contribution in [0, 0.1) is 10.1 Å². The van der Waals surface area contributed by atoms with Crippen LogP contribution in [0.5, 0.6) is 17.2 Å². The van der Waals surface area contributed by atoms with Crippen LogP contribution >= 0.6 is 0 Å². The molecule has 3 aromatic rings. The Balaban J connectivity index is 1.86. The molecule has 2 unspecified atom stereocenters. The third kappa shape index (κ3) is 2.93. The lowest BCUT2D eigenvalue weighted by molar-refractivity contribution is -0.535. The summed E-state index contributed by atoms with van der Waals surface area (Å²) in [6.45, 7) is 0. The first-order valence-electron chi connectivity index (χ1n) is 8.65. The molecule has 1 aliphatic rings. The van der Waals surface area contributed by atoms with E-state index in [0.29, 0.717) is 17.2 Å². The van der Waals surface area contributed by atoms with Crippen LogP contribution < -0.4 is 14.2 Å². The Kier molecular flexibility index (Phi) is 4.32. The van der Waals surface area contributed by atoms with Crippen molar-refractivity contribution in [3.05, 3.63) is 75.8 Å². The molecule has 0 aliphatic carbocycles. The van der Waals surface area contributed by atoms with Crippen molar-refractivity contribution in [2.24, 2.45) is 0 Å². The number of benzene rings is 3. The highest BCUT2D eigenvalue weighted by Crippen LogP contribution is 2.42. The molecule has 27 heavy (non-hydrogen) atoms. The van der Waals surface area contributed by atoms with Crippen molar-refractivity contribution in [2.45, 2.75) is 18.6 Å². The molecule has 6 nitrogen and oxygen atoms in total. The van der Waals surface area contributed by atoms with Crippen LogP contribution in [0.3, 0.4) is 0 Å². The van der Waals surface area contributed by atoms with E-state index in [1.54, 1.807) is 14.2 Å². The average molecular weight is 365 g/mol. The highest BCUT2D eigenvalue weighted by molar-refractivity contribution is 5.91. The number of nitro groups is 1. The van der Waals surface area contributed by atoms with E-state index in [4.69, 9.17) is 14.2 Å². The zero-order chi connectivity index (χ0) is 19.0. The van der Waals surface area contributed by atoms with Crippen LogP contribution in [0.4, 0.5) is 0 Å². The zero-order valence-electron chi connectivity index (χ0n) is 15.0. The fourth-order valence-electron chi connectivity index (χ4n) is 3.66. The lowest BCUT2D eigenvalue weighted by atomic mass is 9.90. The Morgan fingerprint density at radius 2 is 1.74 bits per heavy atom. The van der Waals surface area contributed by atoms with Gasteiger partial charge >= 0.3 is 0 Å². The molecule has 138 valence electrons. The number of hydrogen-bond acceptors (Lipinski definition) is 5. The average Bonchev–Trinajstić information content (AvgIpc) is 2.72. The van der Waals surface area contributed by atoms with Crippen molar-refractivity contribution in [3.8, 4) is 17.2 Å². The summed E-state index contributed by atoms with van der Waals surface area (Å²) >= 11 is 0. The third-order valence-corrected chi connectivity index (χ3v) is 5.01. The summed E-state index contributed by atoms with van der Waals surface area (Å²) in [4.78, 5) is 11.5. The fourth-order valence-corrected chi connectivity index (χ4v) is 3.66. The molecule has 0 saturated carbocycles. The lowest BCUT2D eigenvalue weighted by Crippen LogP contribution is -2.36. The second kappa shape index (κ2) is 6.79. The minimum Gasteiger partial charge on any atom is -0.493 e. The number of methoxy groups -OCH3 is 2. The first-order valence-corrected chi connectivity index (χ1v) is 8.65. The maximum Gasteiger partial charge on any atom is 0.257 e. The lowest BCUT2D eigenvalue weighted by Gasteiger charge is -2.30. The molecule has 4 rings (SSSR count). The Bertz CT molecular complexity index is 1000. The van der Waals surface area contributed by atoms with Crippen LogP contribution in [-0.2, 0) is 6.42 Å². The molecule has 0 radical (unpaired) electrons. The maximum absolute atomic E-state index is 11.8. The molecule has 2 atom stereocenters. The van der Waals surface area contributed by atoms with E-state index < -0.39 is 12.1 Å². The number of nitrogens with zero attached hydrogens (tertiary/aromatic N) is 1. The summed E-state index contributed by atoms with van der Waals surface area (Å²) in [6.07, 6.45) is -0.333. The van der Waals surface area contributed by atoms with Gasteiger partial charge in [0.15, 0.2) is 17.6 Å². The summed E-state index contributed by atoms with van der Waals surface area (Å²) < 4.78 is 16.9. The zero-order valence-corrected chi connectivity index (χ0v) is 15.0. The van der Waals surface area contributed by atoms with E-state index >= 15 is 0 Å². The molecule has 1 heterocycles. The molecular formula is C21H19NO5. The van der Waals surface area contributed by atoms with Crippen molar-refractivity contribution < 1.29 is 19.1 Å². The van der Waals surface area contributed by atoms with Crippen LogP contribution in [-0.4, -0.2) is 25.2 Å². The first kappa shape index (κ1) is 17.1. The molecule has 0 fully saturated rings. The van der Waals surface area contributed by atoms with Gasteiger partial charge in [0.25, 0.3) is 6.04 Å². The van der Waals surface area contributed by atoms with Crippen molar-refractivity contribution in [1.29, 1.82) is 0 Å². The third-order valence-electron chi connectivity index (χ3n) is 5.01. The number of ether oxygens (including phenoxy) is 3. The quantitative estimate of drug-likeness (QED) is 0.512. The number of fused-ring (bicyclic) bond motifs is 3. The number of rotatable bonds is 4. The molecule has 6 heteroatoms. The monoisotopic (exact) mass is 365 g/mol. The van der Waals surface area contributed by atoms with Crippen LogP contribution in [0.2, 0.25) is 0 Å². The van der Waals surface area contributed by atoms with Gasteiger partial charge < -0.3 is 14.2 Å². The largest absolute Gasteiger partial charge is 0.493 e. The Labute approximate surface area is 156 Å². The van der Waals surface area contributed by atoms with Gasteiger partial charge in [0, 0.05) is 16.9 Å². The topological polar surface area (TPSA) is 70.8 Å². The summed E-state index contributed by atoms with van der Waals surface area (Å²) in [6, 6.07) is 16.0. The highest BCUT2D eigenvalue weighted by atomic mass is 16.6. The normalized spacial score (nSPS) is 18.4. The van der Waals surface area contributed by atoms with Gasteiger partial charge in [-0.15, -0.1) is 0 Å². The van der Waals surface area contributed by atoms with E-state index in [2.05, 4.69) is 0 Å². The Morgan fingerprint density at radius 3 is 2.41 bits per heavy atom. The summed E-state index contributed by atoms with van der Waals surface area (Å²) in [5.41, 5.74) is 1.62. The second-order valence-corrected chi connectivity index (χ2v) is 6.48. The standard InChI is InChI=1S/C21H19NO5/c1-25-19-10-14-8-9-18-16(15(14)12-20(19)26-2)11-17(22(23)24)21(27-18)13-6-4-3-5-7-13/h3-10,12,17,21H,11H2,1-2H3. The van der Waals surface area contributed by atoms with E-state index in [-0.39, 0.29) is 11.3 Å². The molecule has 0 bridgehead atoms. The van der Waals surface area contributed by atoms with Crippen LogP contribution in [0.25, 0.3) is 10.8 Å². The molecule has 0 spiro atoms. The SMILES string of the molecule is COc1cc2ccc3c(c2cc1OC)CC([N+](=O)[O-])C(c1ccccc1)O3. The second-order valence-electron chi connectivity index (χ2n) is 6.48. The molecule has 0 aromatic heterocycles. The minimum absolute atomic E-state index is 0.250. The van der Waals surface area contributed by atoms with E-state index in [1.807, 2.05) is 54.6 Å². The minimum atomic E-state index is -0.862. The van der Waals surface area contributed by atoms with E-state index in [9.17, 15) is 10.1 Å². The summed E-state index contributed by atoms with van der Waals surface area (Å²) in [5.74, 6) is 1.87. The Morgan fingerprint density at radius 1 is 1.04 bits per heavy atom. The molecule has 0 saturated heterocycles. The van der Waals surface area contributed by atoms with Crippen LogP contribution in [0.1, 0.15) is 17.2 Å². The van der Waals surface area contributed by atoms with Gasteiger partial charge in [0.2, 0.25) is 0 Å². The fraction of sp³-hybridized carbons (Fsp3) is 0.238. The van der Waals surface area contributed by atoms with E-state index in [0.717, 1.165) is 21.9 Å². The molecule has 3 aromatic carbocycles. The maximum atomic E-state index is 11.8. The summed E-state index contributed by atoms with van der Waals surface area (Å²) in [5, 5.41) is 13.6. The highest BCUT2D eigenvalue weighted by Gasteiger charge is 2.40. The van der Waals surface area contributed by atoms with Gasteiger partial charge in [-0.05, 0) is 34.5 Å².